The summed E-state index contributed by atoms with van der Waals surface area (Å²) < 4.78 is 40.3. The highest BCUT2D eigenvalue weighted by Gasteiger charge is 2.79. The summed E-state index contributed by atoms with van der Waals surface area (Å²) in [5, 5.41) is 15.6. The van der Waals surface area contributed by atoms with Crippen LogP contribution in [-0.2, 0) is 42.2 Å². The maximum absolute atomic E-state index is 16.2. The normalized spacial score (nSPS) is 32.0. The van der Waals surface area contributed by atoms with Crippen molar-refractivity contribution in [2.24, 2.45) is 16.7 Å². The highest BCUT2D eigenvalue weighted by atomic mass is 33.1. The fourth-order valence-corrected chi connectivity index (χ4v) is 19.3. The molecular formula is C51H71NO12S2Si2. The number of Topliss-reactive ketones (excluding diaryl/α,β-unsaturated/α-hetero) is 1. The van der Waals surface area contributed by atoms with Crippen LogP contribution in [0.1, 0.15) is 111 Å². The van der Waals surface area contributed by atoms with E-state index >= 15 is 9.59 Å². The molecule has 17 heteroatoms. The SMILES string of the molecule is CC[Si](CC)(CC)O[C@H]1C[C@H]2SSC[C@@]2(O)[C@H]2[C@@H]3OC(=O)O[C@]34C[C@H](OC(=O)[C@H](O[Si](C)(C)C(C)(C)C)[C@@H](NC(=O)c3ccccc3)c3ccccc3)C(C)=C([C@@H](OC(C)=O)C(=O)[C@]12C)C4(C)C. The quantitative estimate of drug-likeness (QED) is 0.0602. The first-order chi connectivity index (χ1) is 31.8. The molecule has 4 fully saturated rings. The van der Waals surface area contributed by atoms with Gasteiger partial charge in [0.15, 0.2) is 46.3 Å². The molecule has 2 heterocycles. The average molecular weight is 1010 g/mol. The van der Waals surface area contributed by atoms with E-state index in [0.29, 0.717) is 28.7 Å². The van der Waals surface area contributed by atoms with E-state index in [1.165, 1.54) is 28.5 Å². The van der Waals surface area contributed by atoms with Crippen molar-refractivity contribution in [1.29, 1.82) is 0 Å². The van der Waals surface area contributed by atoms with Gasteiger partial charge in [0.25, 0.3) is 5.91 Å². The number of hydrogen-bond donors (Lipinski definition) is 2. The van der Waals surface area contributed by atoms with E-state index < -0.39 is 116 Å². The molecule has 0 radical (unpaired) electrons. The van der Waals surface area contributed by atoms with Crippen molar-refractivity contribution in [2.45, 2.75) is 178 Å². The number of aliphatic hydroxyl groups is 1. The van der Waals surface area contributed by atoms with Crippen LogP contribution < -0.4 is 5.32 Å². The number of carbonyl (C=O) groups is 5. The lowest BCUT2D eigenvalue weighted by Gasteiger charge is -2.63. The van der Waals surface area contributed by atoms with Crippen LogP contribution in [0, 0.1) is 16.7 Å². The lowest BCUT2D eigenvalue weighted by atomic mass is 9.46. The van der Waals surface area contributed by atoms with Gasteiger partial charge < -0.3 is 38.2 Å². The summed E-state index contributed by atoms with van der Waals surface area (Å²) in [4.78, 5) is 73.3. The monoisotopic (exact) mass is 1010 g/mol. The van der Waals surface area contributed by atoms with Crippen LogP contribution in [0.3, 0.4) is 0 Å². The first-order valence-corrected chi connectivity index (χ1v) is 31.9. The molecule has 5 aliphatic rings. The number of hydrogen-bond acceptors (Lipinski definition) is 14. The van der Waals surface area contributed by atoms with Crippen LogP contribution in [0.4, 0.5) is 4.79 Å². The van der Waals surface area contributed by atoms with E-state index in [2.05, 4.69) is 46.9 Å². The molecule has 0 unspecified atom stereocenters. The molecular weight excluding hydrogens is 939 g/mol. The number of ketones is 1. The Labute approximate surface area is 411 Å². The third-order valence-electron chi connectivity index (χ3n) is 16.8. The second kappa shape index (κ2) is 18.9. The van der Waals surface area contributed by atoms with Crippen LogP contribution in [0.2, 0.25) is 36.3 Å². The number of benzene rings is 2. The highest BCUT2D eigenvalue weighted by molar-refractivity contribution is 8.77. The van der Waals surface area contributed by atoms with Crippen molar-refractivity contribution in [3.05, 3.63) is 82.9 Å². The average Bonchev–Trinajstić information content (AvgIpc) is 3.83. The van der Waals surface area contributed by atoms with Gasteiger partial charge in [0.2, 0.25) is 0 Å². The first-order valence-electron chi connectivity index (χ1n) is 24.1. The van der Waals surface area contributed by atoms with Crippen LogP contribution in [-0.4, -0.2) is 104 Å². The summed E-state index contributed by atoms with van der Waals surface area (Å²) in [5.41, 5.74) is -4.38. The van der Waals surface area contributed by atoms with Crippen LogP contribution in [0.5, 0.6) is 0 Å². The van der Waals surface area contributed by atoms with Gasteiger partial charge in [-0.3, -0.25) is 14.4 Å². The lowest BCUT2D eigenvalue weighted by molar-refractivity contribution is -0.220. The predicted octanol–water partition coefficient (Wildman–Crippen LogP) is 9.91. The zero-order chi connectivity index (χ0) is 50.0. The van der Waals surface area contributed by atoms with Crippen LogP contribution in [0.15, 0.2) is 71.8 Å². The molecule has 13 nitrogen and oxygen atoms in total. The predicted molar refractivity (Wildman–Crippen MR) is 268 cm³/mol. The Hall–Kier alpha value is -3.46. The van der Waals surface area contributed by atoms with Crippen molar-refractivity contribution in [2.75, 3.05) is 5.75 Å². The number of esters is 2. The minimum Gasteiger partial charge on any atom is -0.456 e. The minimum atomic E-state index is -2.85. The zero-order valence-corrected chi connectivity index (χ0v) is 45.5. The summed E-state index contributed by atoms with van der Waals surface area (Å²) in [7, 11) is -2.27. The lowest BCUT2D eigenvalue weighted by Crippen LogP contribution is -2.76. The van der Waals surface area contributed by atoms with E-state index in [9.17, 15) is 19.5 Å². The third kappa shape index (κ3) is 8.75. The maximum Gasteiger partial charge on any atom is 0.509 e. The van der Waals surface area contributed by atoms with Crippen LogP contribution in [0.25, 0.3) is 0 Å². The van der Waals surface area contributed by atoms with E-state index in [0.717, 1.165) is 18.1 Å². The van der Waals surface area contributed by atoms with Gasteiger partial charge in [0.05, 0.1) is 23.2 Å². The molecule has 3 aliphatic carbocycles. The molecule has 2 aromatic carbocycles. The molecule has 11 atom stereocenters. The van der Waals surface area contributed by atoms with Gasteiger partial charge in [0.1, 0.15) is 6.10 Å². The highest BCUT2D eigenvalue weighted by Crippen LogP contribution is 2.68. The number of nitrogens with one attached hydrogen (secondary N) is 1. The Morgan fingerprint density at radius 2 is 1.54 bits per heavy atom. The van der Waals surface area contributed by atoms with Crippen molar-refractivity contribution in [1.82, 2.24) is 5.32 Å². The number of fused-ring (bicyclic) bond motifs is 5. The minimum absolute atomic E-state index is 0.131. The zero-order valence-electron chi connectivity index (χ0n) is 41.9. The molecule has 68 heavy (non-hydrogen) atoms. The van der Waals surface area contributed by atoms with Gasteiger partial charge in [0, 0.05) is 41.2 Å². The van der Waals surface area contributed by atoms with Crippen molar-refractivity contribution >= 4 is 68.0 Å². The molecule has 1 amide bonds. The number of carbonyl (C=O) groups excluding carboxylic acids is 5. The molecule has 2 aromatic rings. The summed E-state index contributed by atoms with van der Waals surface area (Å²) in [6.45, 7) is 25.0. The number of rotatable bonds is 14. The van der Waals surface area contributed by atoms with Gasteiger partial charge in [-0.15, -0.1) is 0 Å². The summed E-state index contributed by atoms with van der Waals surface area (Å²) in [6, 6.07) is 19.2. The van der Waals surface area contributed by atoms with E-state index in [4.69, 9.17) is 27.8 Å². The van der Waals surface area contributed by atoms with Gasteiger partial charge in [-0.2, -0.15) is 0 Å². The molecule has 7 rings (SSSR count). The fraction of sp³-hybridized carbons (Fsp3) is 0.627. The smallest absolute Gasteiger partial charge is 0.456 e. The second-order valence-electron chi connectivity index (χ2n) is 21.7. The largest absolute Gasteiger partial charge is 0.509 e. The number of ether oxygens (including phenoxy) is 4. The Morgan fingerprint density at radius 1 is 0.941 bits per heavy atom. The maximum atomic E-state index is 16.2. The second-order valence-corrected chi connectivity index (χ2v) is 33.7. The van der Waals surface area contributed by atoms with E-state index in [-0.39, 0.29) is 17.2 Å². The molecule has 2 aliphatic heterocycles. The standard InChI is InChI=1S/C51H71NO12S2Si2/c1-14-68(15-2,16-3)63-35-27-36-50(58,29-65-66-36)41-43-51(62-46(57)61-43)28-34(30(4)37(48(51,9)10)39(59-31(5)53)42(54)49(35,41)11)60-45(56)40(64-67(12,13)47(6,7)8)38(32-23-19-17-20-24-32)52-44(55)33-25-21-18-22-26-33/h17-26,34-36,38-41,43,58H,14-16,27-29H2,1-13H3,(H,52,55)/t34-,35-,36+,38-,39+,40+,41-,43-,49+,50-,51+/m0/s1. The Morgan fingerprint density at radius 3 is 2.12 bits per heavy atom. The third-order valence-corrected chi connectivity index (χ3v) is 28.9. The molecule has 2 saturated heterocycles. The molecule has 2 N–H and O–H groups in total. The van der Waals surface area contributed by atoms with Crippen molar-refractivity contribution in [3.63, 3.8) is 0 Å². The summed E-state index contributed by atoms with van der Waals surface area (Å²) in [5.74, 6) is -3.31. The van der Waals surface area contributed by atoms with Gasteiger partial charge >= 0.3 is 18.1 Å². The molecule has 2 saturated carbocycles. The fourth-order valence-electron chi connectivity index (χ4n) is 11.5. The molecule has 2 bridgehead atoms. The van der Waals surface area contributed by atoms with Crippen molar-refractivity contribution < 1.29 is 56.9 Å². The first kappa shape index (κ1) is 52.4. The molecule has 372 valence electrons. The Balaban J connectivity index is 1.42. The van der Waals surface area contributed by atoms with Gasteiger partial charge in [-0.1, -0.05) is 126 Å². The molecule has 0 aromatic heterocycles. The summed E-state index contributed by atoms with van der Waals surface area (Å²) in [6.07, 6.45) is -6.88. The number of amides is 1. The topological polar surface area (TPSA) is 173 Å². The van der Waals surface area contributed by atoms with E-state index in [1.807, 2.05) is 63.3 Å². The van der Waals surface area contributed by atoms with E-state index in [1.54, 1.807) is 38.1 Å². The van der Waals surface area contributed by atoms with Gasteiger partial charge in [-0.25, -0.2) is 9.59 Å². The Bertz CT molecular complexity index is 2290. The molecule has 1 spiro atoms. The Kier molecular flexibility index (Phi) is 14.6. The van der Waals surface area contributed by atoms with Crippen molar-refractivity contribution in [3.8, 4) is 0 Å². The van der Waals surface area contributed by atoms with Gasteiger partial charge in [-0.05, 0) is 85.4 Å². The van der Waals surface area contributed by atoms with Crippen LogP contribution >= 0.6 is 21.6 Å². The summed E-state index contributed by atoms with van der Waals surface area (Å²) >= 11 is 0.